The van der Waals surface area contributed by atoms with Gasteiger partial charge in [0.25, 0.3) is 5.56 Å². The minimum absolute atomic E-state index is 0.0851. The van der Waals surface area contributed by atoms with Crippen LogP contribution in [-0.4, -0.2) is 64.4 Å². The van der Waals surface area contributed by atoms with E-state index in [1.807, 2.05) is 42.5 Å². The molecular formula is C29H37N5O2. The van der Waals surface area contributed by atoms with Gasteiger partial charge in [-0.15, -0.1) is 5.10 Å². The van der Waals surface area contributed by atoms with Crippen molar-refractivity contribution >= 4 is 0 Å². The SMILES string of the molecule is COc1ccc(C(CN2CCCCC2)c2nc(-c3ccccc3)nn(CN3CCCCC3)c2=O)cc1. The lowest BCUT2D eigenvalue weighted by Crippen LogP contribution is -2.41. The normalized spacial score (nSPS) is 18.1. The van der Waals surface area contributed by atoms with Crippen LogP contribution in [0.3, 0.4) is 0 Å². The van der Waals surface area contributed by atoms with E-state index in [1.165, 1.54) is 38.5 Å². The molecule has 36 heavy (non-hydrogen) atoms. The monoisotopic (exact) mass is 487 g/mol. The first kappa shape index (κ1) is 24.7. The molecular weight excluding hydrogens is 450 g/mol. The summed E-state index contributed by atoms with van der Waals surface area (Å²) in [6.07, 6.45) is 7.27. The second-order valence-corrected chi connectivity index (χ2v) is 10.00. The van der Waals surface area contributed by atoms with Gasteiger partial charge in [0.1, 0.15) is 11.4 Å². The second kappa shape index (κ2) is 11.8. The maximum Gasteiger partial charge on any atom is 0.290 e. The van der Waals surface area contributed by atoms with E-state index in [-0.39, 0.29) is 11.5 Å². The summed E-state index contributed by atoms with van der Waals surface area (Å²) in [4.78, 5) is 23.8. The van der Waals surface area contributed by atoms with Crippen molar-refractivity contribution < 1.29 is 4.74 Å². The van der Waals surface area contributed by atoms with Gasteiger partial charge in [0.15, 0.2) is 5.82 Å². The van der Waals surface area contributed by atoms with Crippen molar-refractivity contribution in [2.24, 2.45) is 0 Å². The fraction of sp³-hybridized carbons (Fsp3) is 0.483. The molecule has 0 N–H and O–H groups in total. The Morgan fingerprint density at radius 3 is 2.11 bits per heavy atom. The summed E-state index contributed by atoms with van der Waals surface area (Å²) < 4.78 is 7.06. The number of aromatic nitrogens is 3. The van der Waals surface area contributed by atoms with Crippen LogP contribution in [0.1, 0.15) is 55.7 Å². The van der Waals surface area contributed by atoms with E-state index in [1.54, 1.807) is 11.8 Å². The van der Waals surface area contributed by atoms with Gasteiger partial charge in [0, 0.05) is 18.0 Å². The molecule has 0 amide bonds. The fourth-order valence-electron chi connectivity index (χ4n) is 5.38. The third-order valence-corrected chi connectivity index (χ3v) is 7.45. The molecule has 3 aromatic rings. The van der Waals surface area contributed by atoms with Crippen LogP contribution in [-0.2, 0) is 6.67 Å². The number of likely N-dealkylation sites (tertiary alicyclic amines) is 2. The van der Waals surface area contributed by atoms with Crippen molar-refractivity contribution in [1.29, 1.82) is 0 Å². The van der Waals surface area contributed by atoms with E-state index < -0.39 is 0 Å². The Labute approximate surface area is 213 Å². The number of benzene rings is 2. The van der Waals surface area contributed by atoms with Crippen LogP contribution in [0.25, 0.3) is 11.4 Å². The molecule has 0 saturated carbocycles. The molecule has 2 aliphatic heterocycles. The maximum absolute atomic E-state index is 14.0. The van der Waals surface area contributed by atoms with Crippen molar-refractivity contribution in [1.82, 2.24) is 24.6 Å². The highest BCUT2D eigenvalue weighted by Gasteiger charge is 2.26. The molecule has 1 unspecified atom stereocenters. The Hall–Kier alpha value is -3.03. The molecule has 2 aliphatic rings. The van der Waals surface area contributed by atoms with Crippen LogP contribution >= 0.6 is 0 Å². The zero-order valence-corrected chi connectivity index (χ0v) is 21.3. The van der Waals surface area contributed by atoms with E-state index >= 15 is 0 Å². The van der Waals surface area contributed by atoms with Crippen LogP contribution in [0.15, 0.2) is 59.4 Å². The predicted molar refractivity (Wildman–Crippen MR) is 142 cm³/mol. The topological polar surface area (TPSA) is 63.5 Å². The summed E-state index contributed by atoms with van der Waals surface area (Å²) in [5, 5.41) is 4.77. The van der Waals surface area contributed by atoms with Gasteiger partial charge in [-0.25, -0.2) is 9.67 Å². The highest BCUT2D eigenvalue weighted by atomic mass is 16.5. The zero-order valence-electron chi connectivity index (χ0n) is 21.3. The standard InChI is InChI=1S/C29H37N5O2/c1-36-25-15-13-23(14-16-25)26(21-32-17-7-3-8-18-32)27-29(35)34(22-33-19-9-4-10-20-33)31-28(30-27)24-11-5-2-6-12-24/h2,5-6,11-16,26H,3-4,7-10,17-22H2,1H3. The van der Waals surface area contributed by atoms with Crippen molar-refractivity contribution in [3.05, 3.63) is 76.2 Å². The molecule has 190 valence electrons. The summed E-state index contributed by atoms with van der Waals surface area (Å²) in [6.45, 7) is 5.41. The molecule has 0 spiro atoms. The number of methoxy groups -OCH3 is 1. The van der Waals surface area contributed by atoms with E-state index in [2.05, 4.69) is 21.9 Å². The minimum Gasteiger partial charge on any atom is -0.497 e. The van der Waals surface area contributed by atoms with Crippen molar-refractivity contribution in [2.75, 3.05) is 39.8 Å². The molecule has 2 saturated heterocycles. The molecule has 0 radical (unpaired) electrons. The molecule has 7 nitrogen and oxygen atoms in total. The number of hydrogen-bond donors (Lipinski definition) is 0. The maximum atomic E-state index is 14.0. The van der Waals surface area contributed by atoms with Crippen LogP contribution in [0.2, 0.25) is 0 Å². The lowest BCUT2D eigenvalue weighted by molar-refractivity contribution is 0.168. The third-order valence-electron chi connectivity index (χ3n) is 7.45. The van der Waals surface area contributed by atoms with Crippen LogP contribution < -0.4 is 10.3 Å². The quantitative estimate of drug-likeness (QED) is 0.470. The van der Waals surface area contributed by atoms with Gasteiger partial charge in [0.2, 0.25) is 0 Å². The summed E-state index contributed by atoms with van der Waals surface area (Å²) in [6, 6.07) is 18.1. The first-order valence-corrected chi connectivity index (χ1v) is 13.3. The fourth-order valence-corrected chi connectivity index (χ4v) is 5.38. The number of hydrogen-bond acceptors (Lipinski definition) is 6. The molecule has 0 bridgehead atoms. The summed E-state index contributed by atoms with van der Waals surface area (Å²) in [7, 11) is 1.68. The van der Waals surface area contributed by atoms with Crippen molar-refractivity contribution in [3.8, 4) is 17.1 Å². The first-order chi connectivity index (χ1) is 17.7. The summed E-state index contributed by atoms with van der Waals surface area (Å²) >= 11 is 0. The van der Waals surface area contributed by atoms with Gasteiger partial charge < -0.3 is 9.64 Å². The molecule has 7 heteroatoms. The van der Waals surface area contributed by atoms with Gasteiger partial charge in [-0.3, -0.25) is 9.69 Å². The largest absolute Gasteiger partial charge is 0.497 e. The van der Waals surface area contributed by atoms with Crippen LogP contribution in [0, 0.1) is 0 Å². The summed E-state index contributed by atoms with van der Waals surface area (Å²) in [5.74, 6) is 1.28. The Balaban J connectivity index is 1.59. The lowest BCUT2D eigenvalue weighted by atomic mass is 9.94. The Morgan fingerprint density at radius 2 is 1.47 bits per heavy atom. The van der Waals surface area contributed by atoms with Gasteiger partial charge in [0.05, 0.1) is 13.8 Å². The average Bonchev–Trinajstić information content (AvgIpc) is 2.95. The first-order valence-electron chi connectivity index (χ1n) is 13.3. The smallest absolute Gasteiger partial charge is 0.290 e. The van der Waals surface area contributed by atoms with E-state index in [4.69, 9.17) is 14.8 Å². The molecule has 2 aromatic carbocycles. The zero-order chi connectivity index (χ0) is 24.7. The number of rotatable bonds is 8. The Kier molecular flexibility index (Phi) is 8.08. The van der Waals surface area contributed by atoms with E-state index in [9.17, 15) is 4.79 Å². The van der Waals surface area contributed by atoms with Crippen LogP contribution in [0.4, 0.5) is 0 Å². The average molecular weight is 488 g/mol. The van der Waals surface area contributed by atoms with Crippen molar-refractivity contribution in [3.63, 3.8) is 0 Å². The van der Waals surface area contributed by atoms with Gasteiger partial charge in [-0.05, 0) is 69.6 Å². The second-order valence-electron chi connectivity index (χ2n) is 10.00. The molecule has 1 aromatic heterocycles. The Bertz CT molecular complexity index is 1170. The van der Waals surface area contributed by atoms with Crippen molar-refractivity contribution in [2.45, 2.75) is 51.1 Å². The minimum atomic E-state index is -0.139. The number of nitrogens with zero attached hydrogens (tertiary/aromatic N) is 5. The van der Waals surface area contributed by atoms with E-state index in [0.717, 1.165) is 49.6 Å². The molecule has 2 fully saturated rings. The van der Waals surface area contributed by atoms with Gasteiger partial charge in [-0.1, -0.05) is 55.3 Å². The highest BCUT2D eigenvalue weighted by molar-refractivity contribution is 5.54. The molecule has 1 atom stereocenters. The highest BCUT2D eigenvalue weighted by Crippen LogP contribution is 2.27. The Morgan fingerprint density at radius 1 is 0.833 bits per heavy atom. The lowest BCUT2D eigenvalue weighted by Gasteiger charge is -2.31. The van der Waals surface area contributed by atoms with Gasteiger partial charge in [-0.2, -0.15) is 0 Å². The number of ether oxygens (including phenoxy) is 1. The molecule has 0 aliphatic carbocycles. The number of piperidine rings is 2. The van der Waals surface area contributed by atoms with Crippen LogP contribution in [0.5, 0.6) is 5.75 Å². The predicted octanol–water partition coefficient (Wildman–Crippen LogP) is 4.38. The molecule has 3 heterocycles. The van der Waals surface area contributed by atoms with E-state index in [0.29, 0.717) is 18.2 Å². The summed E-state index contributed by atoms with van der Waals surface area (Å²) in [5.41, 5.74) is 2.51. The van der Waals surface area contributed by atoms with Gasteiger partial charge >= 0.3 is 0 Å². The third kappa shape index (κ3) is 5.85. The molecule has 5 rings (SSSR count).